The molecule has 17 heteroatoms. The third-order valence-corrected chi connectivity index (χ3v) is 5.73. The van der Waals surface area contributed by atoms with E-state index in [2.05, 4.69) is 46.0 Å². The summed E-state index contributed by atoms with van der Waals surface area (Å²) < 4.78 is 27.3. The van der Waals surface area contributed by atoms with Crippen LogP contribution in [-0.2, 0) is 13.1 Å². The van der Waals surface area contributed by atoms with E-state index in [1.165, 1.54) is 22.7 Å². The van der Waals surface area contributed by atoms with Gasteiger partial charge in [-0.25, -0.2) is 35.7 Å². The fourth-order valence-corrected chi connectivity index (χ4v) is 3.91. The largest absolute Gasteiger partial charge is 0.375 e. The number of aryl methyl sites for hydroxylation is 2. The topological polar surface area (TPSA) is 191 Å². The summed E-state index contributed by atoms with van der Waals surface area (Å²) >= 11 is 8.25. The summed E-state index contributed by atoms with van der Waals surface area (Å²) in [6, 6.07) is 0. The lowest BCUT2D eigenvalue weighted by molar-refractivity contribution is 0.614. The molecule has 4 rings (SSSR count). The Bertz CT molecular complexity index is 1300. The van der Waals surface area contributed by atoms with E-state index in [9.17, 15) is 8.78 Å². The number of aromatic nitrogens is 6. The lowest BCUT2D eigenvalue weighted by atomic mass is 10.4. The first-order chi connectivity index (χ1) is 16.7. The highest BCUT2D eigenvalue weighted by atomic mass is 35.5. The van der Waals surface area contributed by atoms with Crippen LogP contribution in [0.1, 0.15) is 23.0 Å². The average Bonchev–Trinajstić information content (AvgIpc) is 3.43. The fourth-order valence-electron chi connectivity index (χ4n) is 2.57. The number of thiazole rings is 2. The maximum absolute atomic E-state index is 13.8. The molecule has 4 aromatic rings. The van der Waals surface area contributed by atoms with Crippen LogP contribution in [0.5, 0.6) is 0 Å². The van der Waals surface area contributed by atoms with E-state index in [4.69, 9.17) is 28.9 Å². The van der Waals surface area contributed by atoms with Crippen molar-refractivity contribution in [2.75, 3.05) is 27.5 Å². The second kappa shape index (κ2) is 11.8. The van der Waals surface area contributed by atoms with Crippen molar-refractivity contribution in [1.82, 2.24) is 29.9 Å². The maximum atomic E-state index is 13.8. The van der Waals surface area contributed by atoms with E-state index in [0.29, 0.717) is 35.0 Å². The maximum Gasteiger partial charge on any atom is 0.208 e. The molecule has 0 aliphatic rings. The molecular formula is C18H21ClF2N12S2. The molecule has 0 atom stereocenters. The summed E-state index contributed by atoms with van der Waals surface area (Å²) in [5.74, 6) is 4.75. The molecule has 0 amide bonds. The van der Waals surface area contributed by atoms with Gasteiger partial charge in [0.15, 0.2) is 32.9 Å². The summed E-state index contributed by atoms with van der Waals surface area (Å²) in [5, 5.41) is 9.95. The molecule has 0 unspecified atom stereocenters. The summed E-state index contributed by atoms with van der Waals surface area (Å²) in [6.45, 7) is 3.94. The van der Waals surface area contributed by atoms with Gasteiger partial charge in [0.05, 0.1) is 24.5 Å². The molecule has 0 fully saturated rings. The van der Waals surface area contributed by atoms with E-state index >= 15 is 0 Å². The molecule has 0 radical (unpaired) electrons. The number of hydrogen-bond donors (Lipinski definition) is 6. The molecule has 0 aliphatic carbocycles. The van der Waals surface area contributed by atoms with E-state index in [-0.39, 0.29) is 22.6 Å². The minimum Gasteiger partial charge on any atom is -0.375 e. The van der Waals surface area contributed by atoms with Crippen LogP contribution in [0.3, 0.4) is 0 Å². The van der Waals surface area contributed by atoms with Gasteiger partial charge in [0.2, 0.25) is 11.6 Å². The molecule has 186 valence electrons. The third kappa shape index (κ3) is 7.25. The first-order valence-corrected chi connectivity index (χ1v) is 11.9. The van der Waals surface area contributed by atoms with Gasteiger partial charge < -0.3 is 27.5 Å². The second-order valence-corrected chi connectivity index (χ2v) is 8.85. The molecule has 0 spiro atoms. The Morgan fingerprint density at radius 2 is 1.23 bits per heavy atom. The van der Waals surface area contributed by atoms with Crippen LogP contribution in [-0.4, -0.2) is 29.9 Å². The monoisotopic (exact) mass is 542 g/mol. The lowest BCUT2D eigenvalue weighted by Crippen LogP contribution is -2.14. The molecule has 0 aromatic carbocycles. The van der Waals surface area contributed by atoms with Gasteiger partial charge in [0.1, 0.15) is 11.6 Å². The summed E-state index contributed by atoms with van der Waals surface area (Å²) in [7, 11) is 0. The van der Waals surface area contributed by atoms with Gasteiger partial charge in [0.25, 0.3) is 0 Å². The molecular weight excluding hydrogens is 522 g/mol. The highest BCUT2D eigenvalue weighted by Gasteiger charge is 2.13. The minimum atomic E-state index is -0.666. The molecule has 0 bridgehead atoms. The first kappa shape index (κ1) is 26.1. The van der Waals surface area contributed by atoms with Crippen molar-refractivity contribution in [1.29, 1.82) is 0 Å². The molecule has 12 nitrogen and oxygen atoms in total. The molecule has 9 N–H and O–H groups in total. The molecule has 4 heterocycles. The minimum absolute atomic E-state index is 0.0530. The SMILES string of the molecule is Cc1nc(Cl)c(F)c(NCc2csc(N)n2)n1.Cc1nc(NN)c(F)c(NCc2csc(N)n2)n1. The zero-order valence-electron chi connectivity index (χ0n) is 18.4. The van der Waals surface area contributed by atoms with Crippen LogP contribution in [0, 0.1) is 25.5 Å². The Balaban J connectivity index is 0.000000196. The zero-order chi connectivity index (χ0) is 25.5. The number of nitrogens with two attached hydrogens (primary N) is 3. The Kier molecular flexibility index (Phi) is 8.80. The van der Waals surface area contributed by atoms with Crippen LogP contribution >= 0.6 is 34.3 Å². The second-order valence-electron chi connectivity index (χ2n) is 6.71. The van der Waals surface area contributed by atoms with Crippen LogP contribution in [0.15, 0.2) is 10.8 Å². The van der Waals surface area contributed by atoms with Gasteiger partial charge in [-0.15, -0.1) is 22.7 Å². The van der Waals surface area contributed by atoms with E-state index < -0.39 is 11.6 Å². The summed E-state index contributed by atoms with van der Waals surface area (Å²) in [5.41, 5.74) is 14.6. The predicted molar refractivity (Wildman–Crippen MR) is 134 cm³/mol. The van der Waals surface area contributed by atoms with Gasteiger partial charge >= 0.3 is 0 Å². The van der Waals surface area contributed by atoms with Gasteiger partial charge in [-0.2, -0.15) is 8.78 Å². The number of hydrogen-bond acceptors (Lipinski definition) is 14. The van der Waals surface area contributed by atoms with E-state index in [1.54, 1.807) is 24.6 Å². The number of nitrogens with one attached hydrogen (secondary N) is 3. The number of rotatable bonds is 7. The van der Waals surface area contributed by atoms with Crippen molar-refractivity contribution in [3.8, 4) is 0 Å². The lowest BCUT2D eigenvalue weighted by Gasteiger charge is -2.08. The van der Waals surface area contributed by atoms with Crippen LogP contribution in [0.2, 0.25) is 5.15 Å². The molecule has 0 aliphatic heterocycles. The number of nitrogens with zero attached hydrogens (tertiary/aromatic N) is 6. The smallest absolute Gasteiger partial charge is 0.208 e. The number of halogens is 3. The Morgan fingerprint density at radius 3 is 1.69 bits per heavy atom. The van der Waals surface area contributed by atoms with E-state index in [0.717, 1.165) is 11.4 Å². The van der Waals surface area contributed by atoms with Gasteiger partial charge in [-0.05, 0) is 13.8 Å². The van der Waals surface area contributed by atoms with Crippen LogP contribution in [0.25, 0.3) is 0 Å². The van der Waals surface area contributed by atoms with Crippen LogP contribution in [0.4, 0.5) is 36.5 Å². The van der Waals surface area contributed by atoms with Crippen molar-refractivity contribution in [3.63, 3.8) is 0 Å². The van der Waals surface area contributed by atoms with Crippen molar-refractivity contribution in [2.45, 2.75) is 26.9 Å². The standard InChI is InChI=1S/C9H9ClFN5S.C9H12FN7S/c1-4-14-7(10)6(11)8(15-4)13-2-5-3-17-9(12)16-5;1-4-14-7(6(10)8(15-4)17-12)13-2-5-3-18-9(11)16-5/h3H,2H2,1H3,(H2,12,16)(H,13,14,15);3H,2,12H2,1H3,(H2,11,16)(H2,13,14,15,17). The highest BCUT2D eigenvalue weighted by molar-refractivity contribution is 7.13. The van der Waals surface area contributed by atoms with E-state index in [1.807, 2.05) is 0 Å². The Morgan fingerprint density at radius 1 is 0.771 bits per heavy atom. The number of anilines is 5. The molecule has 4 aromatic heterocycles. The average molecular weight is 543 g/mol. The Hall–Kier alpha value is -3.47. The quantitative estimate of drug-likeness (QED) is 0.114. The van der Waals surface area contributed by atoms with Crippen molar-refractivity contribution >= 4 is 62.0 Å². The number of nitrogen functional groups attached to an aromatic ring is 3. The van der Waals surface area contributed by atoms with Crippen molar-refractivity contribution in [3.05, 3.63) is 50.6 Å². The zero-order valence-corrected chi connectivity index (χ0v) is 20.8. The van der Waals surface area contributed by atoms with Crippen molar-refractivity contribution < 1.29 is 8.78 Å². The summed E-state index contributed by atoms with van der Waals surface area (Å²) in [6.07, 6.45) is 0. The molecule has 35 heavy (non-hydrogen) atoms. The Labute approximate surface area is 211 Å². The van der Waals surface area contributed by atoms with Crippen molar-refractivity contribution in [2.24, 2.45) is 5.84 Å². The number of hydrazine groups is 1. The molecule has 0 saturated carbocycles. The fraction of sp³-hybridized carbons (Fsp3) is 0.222. The van der Waals surface area contributed by atoms with Gasteiger partial charge in [-0.1, -0.05) is 11.6 Å². The molecule has 0 saturated heterocycles. The van der Waals surface area contributed by atoms with Crippen LogP contribution < -0.4 is 33.4 Å². The third-order valence-electron chi connectivity index (χ3n) is 4.04. The highest BCUT2D eigenvalue weighted by Crippen LogP contribution is 2.21. The normalized spacial score (nSPS) is 10.5. The van der Waals surface area contributed by atoms with Gasteiger partial charge in [0, 0.05) is 10.8 Å². The summed E-state index contributed by atoms with van der Waals surface area (Å²) in [4.78, 5) is 23.5. The van der Waals surface area contributed by atoms with Gasteiger partial charge in [-0.3, -0.25) is 0 Å². The first-order valence-electron chi connectivity index (χ1n) is 9.74. The predicted octanol–water partition coefficient (Wildman–Crippen LogP) is 3.09.